The second-order valence-corrected chi connectivity index (χ2v) is 6.18. The minimum atomic E-state index is 0.231. The van der Waals surface area contributed by atoms with Crippen molar-refractivity contribution in [3.8, 4) is 5.88 Å². The first-order valence-corrected chi connectivity index (χ1v) is 8.27. The van der Waals surface area contributed by atoms with Crippen LogP contribution in [0.2, 0.25) is 0 Å². The predicted octanol–water partition coefficient (Wildman–Crippen LogP) is 2.38. The van der Waals surface area contributed by atoms with Crippen LogP contribution in [0, 0.1) is 0 Å². The van der Waals surface area contributed by atoms with E-state index in [0.29, 0.717) is 12.5 Å². The summed E-state index contributed by atoms with van der Waals surface area (Å²) in [6.45, 7) is 5.89. The quantitative estimate of drug-likeness (QED) is 0.922. The molecule has 1 aromatic rings. The topological polar surface area (TPSA) is 50.3 Å². The van der Waals surface area contributed by atoms with Crippen LogP contribution in [0.1, 0.15) is 45.4 Å². The predicted molar refractivity (Wildman–Crippen MR) is 83.8 cm³/mol. The molecule has 0 atom stereocenters. The molecule has 2 fully saturated rings. The Balaban J connectivity index is 1.82. The standard InChI is InChI=1S/C16H26N4O/c1-2-10-21-15-12-18-11-14(19-15)20-9-8-17-13-16(20)6-4-3-5-7-16/h11-12,17H,2-10,13H2,1H3. The number of ether oxygens (including phenoxy) is 1. The molecular weight excluding hydrogens is 264 g/mol. The molecule has 1 N–H and O–H groups in total. The first-order chi connectivity index (χ1) is 10.3. The summed E-state index contributed by atoms with van der Waals surface area (Å²) in [4.78, 5) is 11.5. The Labute approximate surface area is 127 Å². The fourth-order valence-corrected chi connectivity index (χ4v) is 3.60. The number of piperazine rings is 1. The third-order valence-electron chi connectivity index (χ3n) is 4.65. The van der Waals surface area contributed by atoms with E-state index in [0.717, 1.165) is 31.9 Å². The maximum atomic E-state index is 5.65. The Bertz CT molecular complexity index is 451. The number of anilines is 1. The first kappa shape index (κ1) is 14.6. The average molecular weight is 290 g/mol. The monoisotopic (exact) mass is 290 g/mol. The average Bonchev–Trinajstić information content (AvgIpc) is 2.54. The van der Waals surface area contributed by atoms with Crippen molar-refractivity contribution in [3.05, 3.63) is 12.4 Å². The van der Waals surface area contributed by atoms with Crippen LogP contribution in [-0.2, 0) is 0 Å². The Kier molecular flexibility index (Phi) is 4.58. The van der Waals surface area contributed by atoms with Crippen molar-refractivity contribution in [1.29, 1.82) is 0 Å². The summed E-state index contributed by atoms with van der Waals surface area (Å²) in [6.07, 6.45) is 11.1. The lowest BCUT2D eigenvalue weighted by Crippen LogP contribution is -2.62. The molecule has 0 unspecified atom stereocenters. The van der Waals surface area contributed by atoms with Crippen LogP contribution in [0.4, 0.5) is 5.82 Å². The molecule has 3 rings (SSSR count). The van der Waals surface area contributed by atoms with E-state index >= 15 is 0 Å². The van der Waals surface area contributed by atoms with Gasteiger partial charge in [-0.15, -0.1) is 0 Å². The molecule has 2 aliphatic rings. The van der Waals surface area contributed by atoms with E-state index in [-0.39, 0.29) is 5.54 Å². The SMILES string of the molecule is CCCOc1cncc(N2CCNCC23CCCCC3)n1. The van der Waals surface area contributed by atoms with Crippen molar-refractivity contribution in [1.82, 2.24) is 15.3 Å². The highest BCUT2D eigenvalue weighted by atomic mass is 16.5. The summed E-state index contributed by atoms with van der Waals surface area (Å²) in [6, 6.07) is 0. The van der Waals surface area contributed by atoms with Crippen molar-refractivity contribution in [2.24, 2.45) is 0 Å². The molecule has 0 aromatic carbocycles. The molecule has 0 radical (unpaired) electrons. The molecule has 0 amide bonds. The molecule has 21 heavy (non-hydrogen) atoms. The van der Waals surface area contributed by atoms with Gasteiger partial charge in [-0.3, -0.25) is 4.98 Å². The smallest absolute Gasteiger partial charge is 0.234 e. The van der Waals surface area contributed by atoms with E-state index in [1.54, 1.807) is 6.20 Å². The highest BCUT2D eigenvalue weighted by molar-refractivity contribution is 5.43. The molecule has 1 aromatic heterocycles. The summed E-state index contributed by atoms with van der Waals surface area (Å²) in [5, 5.41) is 3.57. The molecule has 5 heteroatoms. The second-order valence-electron chi connectivity index (χ2n) is 6.18. The van der Waals surface area contributed by atoms with Gasteiger partial charge in [-0.05, 0) is 19.3 Å². The molecule has 1 aliphatic heterocycles. The van der Waals surface area contributed by atoms with Gasteiger partial charge >= 0.3 is 0 Å². The maximum absolute atomic E-state index is 5.65. The van der Waals surface area contributed by atoms with Gasteiger partial charge in [0.25, 0.3) is 0 Å². The van der Waals surface area contributed by atoms with Crippen LogP contribution in [0.15, 0.2) is 12.4 Å². The number of aromatic nitrogens is 2. The van der Waals surface area contributed by atoms with Gasteiger partial charge in [0.05, 0.1) is 24.5 Å². The van der Waals surface area contributed by atoms with Crippen molar-refractivity contribution in [3.63, 3.8) is 0 Å². The molecule has 1 spiro atoms. The van der Waals surface area contributed by atoms with Crippen molar-refractivity contribution in [2.75, 3.05) is 31.1 Å². The van der Waals surface area contributed by atoms with Crippen molar-refractivity contribution >= 4 is 5.82 Å². The third-order valence-corrected chi connectivity index (χ3v) is 4.65. The number of nitrogens with one attached hydrogen (secondary N) is 1. The highest BCUT2D eigenvalue weighted by Gasteiger charge is 2.40. The lowest BCUT2D eigenvalue weighted by molar-refractivity contribution is 0.238. The Morgan fingerprint density at radius 2 is 2.14 bits per heavy atom. The Morgan fingerprint density at radius 3 is 2.95 bits per heavy atom. The highest BCUT2D eigenvalue weighted by Crippen LogP contribution is 2.37. The van der Waals surface area contributed by atoms with Gasteiger partial charge in [-0.1, -0.05) is 26.2 Å². The molecule has 1 saturated carbocycles. The van der Waals surface area contributed by atoms with Crippen LogP contribution in [0.3, 0.4) is 0 Å². The first-order valence-electron chi connectivity index (χ1n) is 8.27. The van der Waals surface area contributed by atoms with E-state index in [1.165, 1.54) is 32.1 Å². The van der Waals surface area contributed by atoms with Crippen LogP contribution in [0.5, 0.6) is 5.88 Å². The second kappa shape index (κ2) is 6.60. The van der Waals surface area contributed by atoms with Crippen LogP contribution in [0.25, 0.3) is 0 Å². The summed E-state index contributed by atoms with van der Waals surface area (Å²) in [5.41, 5.74) is 0.231. The molecular formula is C16H26N4O. The van der Waals surface area contributed by atoms with E-state index < -0.39 is 0 Å². The number of hydrogen-bond donors (Lipinski definition) is 1. The van der Waals surface area contributed by atoms with Gasteiger partial charge in [-0.25, -0.2) is 0 Å². The normalized spacial score (nSPS) is 21.5. The van der Waals surface area contributed by atoms with Gasteiger partial charge in [0, 0.05) is 19.6 Å². The van der Waals surface area contributed by atoms with Gasteiger partial charge in [0.2, 0.25) is 5.88 Å². The number of rotatable bonds is 4. The zero-order valence-corrected chi connectivity index (χ0v) is 13.0. The summed E-state index contributed by atoms with van der Waals surface area (Å²) >= 11 is 0. The Hall–Kier alpha value is -1.36. The molecule has 0 bridgehead atoms. The zero-order valence-electron chi connectivity index (χ0n) is 13.0. The zero-order chi connectivity index (χ0) is 14.5. The Morgan fingerprint density at radius 1 is 1.29 bits per heavy atom. The van der Waals surface area contributed by atoms with Gasteiger partial charge in [0.15, 0.2) is 5.82 Å². The van der Waals surface area contributed by atoms with Crippen LogP contribution >= 0.6 is 0 Å². The van der Waals surface area contributed by atoms with Gasteiger partial charge in [0.1, 0.15) is 0 Å². The van der Waals surface area contributed by atoms with Crippen molar-refractivity contribution < 1.29 is 4.74 Å². The molecule has 1 saturated heterocycles. The molecule has 2 heterocycles. The minimum absolute atomic E-state index is 0.231. The van der Waals surface area contributed by atoms with Gasteiger partial charge in [-0.2, -0.15) is 4.98 Å². The van der Waals surface area contributed by atoms with E-state index in [9.17, 15) is 0 Å². The number of hydrogen-bond acceptors (Lipinski definition) is 5. The van der Waals surface area contributed by atoms with E-state index in [4.69, 9.17) is 9.72 Å². The van der Waals surface area contributed by atoms with E-state index in [2.05, 4.69) is 22.1 Å². The van der Waals surface area contributed by atoms with E-state index in [1.807, 2.05) is 6.20 Å². The summed E-state index contributed by atoms with van der Waals surface area (Å²) < 4.78 is 5.65. The summed E-state index contributed by atoms with van der Waals surface area (Å²) in [5.74, 6) is 1.63. The van der Waals surface area contributed by atoms with Gasteiger partial charge < -0.3 is 15.0 Å². The minimum Gasteiger partial charge on any atom is -0.477 e. The lowest BCUT2D eigenvalue weighted by Gasteiger charge is -2.50. The lowest BCUT2D eigenvalue weighted by atomic mass is 9.79. The van der Waals surface area contributed by atoms with Crippen molar-refractivity contribution in [2.45, 2.75) is 51.0 Å². The fraction of sp³-hybridized carbons (Fsp3) is 0.750. The summed E-state index contributed by atoms with van der Waals surface area (Å²) in [7, 11) is 0. The van der Waals surface area contributed by atoms with Crippen LogP contribution in [-0.4, -0.2) is 41.7 Å². The number of nitrogens with zero attached hydrogens (tertiary/aromatic N) is 3. The third kappa shape index (κ3) is 3.12. The maximum Gasteiger partial charge on any atom is 0.234 e. The largest absolute Gasteiger partial charge is 0.477 e. The van der Waals surface area contributed by atoms with Crippen LogP contribution < -0.4 is 15.0 Å². The molecule has 5 nitrogen and oxygen atoms in total. The molecule has 116 valence electrons. The molecule has 1 aliphatic carbocycles. The fourth-order valence-electron chi connectivity index (χ4n) is 3.60.